The molecule has 4 nitrogen and oxygen atoms in total. The maximum atomic E-state index is 12.1. The molecular formula is C27H45NO3. The Bertz CT molecular complexity index is 679. The molecule has 0 radical (unpaired) electrons. The Morgan fingerprint density at radius 3 is 2.65 bits per heavy atom. The van der Waals surface area contributed by atoms with Crippen molar-refractivity contribution in [1.29, 1.82) is 0 Å². The molecular weight excluding hydrogens is 386 g/mol. The molecule has 0 unspecified atom stereocenters. The minimum Gasteiger partial charge on any atom is -0.393 e. The number of aliphatic hydroxyl groups is 2. The summed E-state index contributed by atoms with van der Waals surface area (Å²) in [5.74, 6) is 3.61. The van der Waals surface area contributed by atoms with Gasteiger partial charge < -0.3 is 15.5 Å². The Labute approximate surface area is 189 Å². The monoisotopic (exact) mass is 431 g/mol. The summed E-state index contributed by atoms with van der Waals surface area (Å²) in [7, 11) is 0. The highest BCUT2D eigenvalue weighted by Crippen LogP contribution is 2.68. The molecule has 0 aromatic carbocycles. The first-order chi connectivity index (χ1) is 14.7. The number of hydrogen-bond acceptors (Lipinski definition) is 3. The standard InChI is InChI=1S/C27H45NO3/c1-5-14-28-25(31)11-6-17(2)21-9-10-22-20-8-7-18-15-19(29)12-13-26(18,3)23(20)16-24(30)27(21,22)4/h5,17-24,29-30H,1,6-16H2,2-4H3,(H,28,31)/t17-,18-,19-,20+,21+,22+,23+,24+,26+,27-/m1/s1. The third-order valence-corrected chi connectivity index (χ3v) is 10.8. The third kappa shape index (κ3) is 3.90. The zero-order valence-corrected chi connectivity index (χ0v) is 20.0. The van der Waals surface area contributed by atoms with Gasteiger partial charge in [0.05, 0.1) is 12.2 Å². The number of carbonyl (C=O) groups is 1. The molecule has 0 aromatic heterocycles. The molecule has 0 saturated heterocycles. The van der Waals surface area contributed by atoms with Crippen LogP contribution in [0, 0.1) is 46.3 Å². The summed E-state index contributed by atoms with van der Waals surface area (Å²) >= 11 is 0. The lowest BCUT2D eigenvalue weighted by Gasteiger charge is -2.62. The van der Waals surface area contributed by atoms with E-state index in [0.717, 1.165) is 38.0 Å². The normalized spacial score (nSPS) is 47.6. The highest BCUT2D eigenvalue weighted by Gasteiger charge is 2.63. The van der Waals surface area contributed by atoms with Crippen LogP contribution in [0.3, 0.4) is 0 Å². The molecule has 4 fully saturated rings. The second-order valence-electron chi connectivity index (χ2n) is 12.0. The van der Waals surface area contributed by atoms with Crippen LogP contribution in [-0.4, -0.2) is 34.9 Å². The Morgan fingerprint density at radius 1 is 1.13 bits per heavy atom. The van der Waals surface area contributed by atoms with Crippen molar-refractivity contribution < 1.29 is 15.0 Å². The highest BCUT2D eigenvalue weighted by molar-refractivity contribution is 5.75. The number of rotatable bonds is 6. The second-order valence-corrected chi connectivity index (χ2v) is 12.0. The fourth-order valence-electron chi connectivity index (χ4n) is 8.99. The van der Waals surface area contributed by atoms with Gasteiger partial charge in [-0.05, 0) is 104 Å². The van der Waals surface area contributed by atoms with Crippen LogP contribution in [-0.2, 0) is 4.79 Å². The number of fused-ring (bicyclic) bond motifs is 5. The van der Waals surface area contributed by atoms with E-state index in [9.17, 15) is 15.0 Å². The molecule has 31 heavy (non-hydrogen) atoms. The number of amides is 1. The lowest BCUT2D eigenvalue weighted by atomic mass is 9.43. The summed E-state index contributed by atoms with van der Waals surface area (Å²) < 4.78 is 0. The largest absolute Gasteiger partial charge is 0.393 e. The van der Waals surface area contributed by atoms with E-state index in [2.05, 4.69) is 32.7 Å². The van der Waals surface area contributed by atoms with Gasteiger partial charge in [-0.1, -0.05) is 26.8 Å². The van der Waals surface area contributed by atoms with E-state index in [1.54, 1.807) is 6.08 Å². The number of nitrogens with one attached hydrogen (secondary N) is 1. The minimum atomic E-state index is -0.245. The first-order valence-corrected chi connectivity index (χ1v) is 13.0. The zero-order valence-electron chi connectivity index (χ0n) is 20.0. The van der Waals surface area contributed by atoms with Crippen LogP contribution in [0.15, 0.2) is 12.7 Å². The number of aliphatic hydroxyl groups excluding tert-OH is 2. The van der Waals surface area contributed by atoms with Gasteiger partial charge in [0, 0.05) is 13.0 Å². The summed E-state index contributed by atoms with van der Waals surface area (Å²) in [6.07, 6.45) is 11.7. The van der Waals surface area contributed by atoms with Crippen molar-refractivity contribution in [2.45, 2.75) is 97.2 Å². The van der Waals surface area contributed by atoms with E-state index >= 15 is 0 Å². The lowest BCUT2D eigenvalue weighted by molar-refractivity contribution is -0.174. The molecule has 0 aliphatic heterocycles. The molecule has 0 bridgehead atoms. The molecule has 4 rings (SSSR count). The fraction of sp³-hybridized carbons (Fsp3) is 0.889. The van der Waals surface area contributed by atoms with Crippen LogP contribution in [0.25, 0.3) is 0 Å². The van der Waals surface area contributed by atoms with Gasteiger partial charge in [-0.3, -0.25) is 4.79 Å². The van der Waals surface area contributed by atoms with E-state index in [1.165, 1.54) is 25.7 Å². The third-order valence-electron chi connectivity index (χ3n) is 10.8. The molecule has 10 atom stereocenters. The van der Waals surface area contributed by atoms with E-state index in [1.807, 2.05) is 0 Å². The number of carbonyl (C=O) groups excluding carboxylic acids is 1. The van der Waals surface area contributed by atoms with E-state index < -0.39 is 0 Å². The zero-order chi connectivity index (χ0) is 22.4. The molecule has 4 aliphatic carbocycles. The van der Waals surface area contributed by atoms with Gasteiger partial charge in [0.15, 0.2) is 0 Å². The summed E-state index contributed by atoms with van der Waals surface area (Å²) in [6, 6.07) is 0. The average Bonchev–Trinajstić information content (AvgIpc) is 3.10. The van der Waals surface area contributed by atoms with Gasteiger partial charge in [0.25, 0.3) is 0 Å². The van der Waals surface area contributed by atoms with E-state index in [4.69, 9.17) is 0 Å². The SMILES string of the molecule is C=CCNC(=O)CC[C@@H](C)[C@@H]1CC[C@H]2[C@@H]3CC[C@@H]4C[C@H](O)CC[C@]4(C)[C@H]3C[C@H](O)[C@@]21C. The summed E-state index contributed by atoms with van der Waals surface area (Å²) in [4.78, 5) is 12.1. The number of hydrogen-bond donors (Lipinski definition) is 3. The van der Waals surface area contributed by atoms with Gasteiger partial charge in [-0.25, -0.2) is 0 Å². The van der Waals surface area contributed by atoms with Gasteiger partial charge in [-0.15, -0.1) is 6.58 Å². The van der Waals surface area contributed by atoms with Crippen molar-refractivity contribution in [2.24, 2.45) is 46.3 Å². The predicted molar refractivity (Wildman–Crippen MR) is 124 cm³/mol. The van der Waals surface area contributed by atoms with Crippen molar-refractivity contribution in [3.05, 3.63) is 12.7 Å². The van der Waals surface area contributed by atoms with Crippen LogP contribution in [0.4, 0.5) is 0 Å². The first-order valence-electron chi connectivity index (χ1n) is 13.0. The maximum absolute atomic E-state index is 12.1. The second kappa shape index (κ2) is 8.82. The smallest absolute Gasteiger partial charge is 0.220 e. The molecule has 0 aromatic rings. The average molecular weight is 432 g/mol. The molecule has 4 heteroatoms. The Balaban J connectivity index is 1.47. The Hall–Kier alpha value is -0.870. The molecule has 1 amide bonds. The van der Waals surface area contributed by atoms with Crippen molar-refractivity contribution in [2.75, 3.05) is 6.54 Å². The van der Waals surface area contributed by atoms with Crippen LogP contribution in [0.1, 0.15) is 85.0 Å². The van der Waals surface area contributed by atoms with Crippen molar-refractivity contribution in [3.8, 4) is 0 Å². The Kier molecular flexibility index (Phi) is 6.63. The molecule has 0 spiro atoms. The van der Waals surface area contributed by atoms with Crippen molar-refractivity contribution >= 4 is 5.91 Å². The quantitative estimate of drug-likeness (QED) is 0.534. The topological polar surface area (TPSA) is 69.6 Å². The van der Waals surface area contributed by atoms with Crippen molar-refractivity contribution in [1.82, 2.24) is 5.32 Å². The lowest BCUT2D eigenvalue weighted by Crippen LogP contribution is -2.58. The molecule has 0 heterocycles. The summed E-state index contributed by atoms with van der Waals surface area (Å²) in [5, 5.41) is 24.8. The van der Waals surface area contributed by atoms with E-state index in [0.29, 0.717) is 42.6 Å². The molecule has 4 aliphatic rings. The van der Waals surface area contributed by atoms with Gasteiger partial charge in [0.2, 0.25) is 5.91 Å². The summed E-state index contributed by atoms with van der Waals surface area (Å²) in [6.45, 7) is 11.4. The van der Waals surface area contributed by atoms with Crippen LogP contribution in [0.5, 0.6) is 0 Å². The highest BCUT2D eigenvalue weighted by atomic mass is 16.3. The van der Waals surface area contributed by atoms with Crippen LogP contribution in [0.2, 0.25) is 0 Å². The predicted octanol–water partition coefficient (Wildman–Crippen LogP) is 4.70. The molecule has 3 N–H and O–H groups in total. The van der Waals surface area contributed by atoms with E-state index in [-0.39, 0.29) is 28.9 Å². The fourth-order valence-corrected chi connectivity index (χ4v) is 8.99. The molecule has 4 saturated carbocycles. The van der Waals surface area contributed by atoms with Crippen molar-refractivity contribution in [3.63, 3.8) is 0 Å². The van der Waals surface area contributed by atoms with Crippen LogP contribution >= 0.6 is 0 Å². The van der Waals surface area contributed by atoms with Gasteiger partial charge >= 0.3 is 0 Å². The van der Waals surface area contributed by atoms with Crippen LogP contribution < -0.4 is 5.32 Å². The maximum Gasteiger partial charge on any atom is 0.220 e. The van der Waals surface area contributed by atoms with Gasteiger partial charge in [-0.2, -0.15) is 0 Å². The Morgan fingerprint density at radius 2 is 1.90 bits per heavy atom. The first kappa shape index (κ1) is 23.3. The summed E-state index contributed by atoms with van der Waals surface area (Å²) in [5.41, 5.74) is 0.271. The molecule has 176 valence electrons. The minimum absolute atomic E-state index is 0.0183. The van der Waals surface area contributed by atoms with Gasteiger partial charge in [0.1, 0.15) is 0 Å².